The zero-order chi connectivity index (χ0) is 16.3. The van der Waals surface area contributed by atoms with Crippen molar-refractivity contribution in [3.63, 3.8) is 0 Å². The zero-order valence-corrected chi connectivity index (χ0v) is 14.1. The molecule has 1 aliphatic heterocycles. The van der Waals surface area contributed by atoms with Gasteiger partial charge in [-0.3, -0.25) is 9.69 Å². The highest BCUT2D eigenvalue weighted by Gasteiger charge is 2.31. The Labute approximate surface area is 138 Å². The Morgan fingerprint density at radius 2 is 1.96 bits per heavy atom. The largest absolute Gasteiger partial charge is 0.388 e. The van der Waals surface area contributed by atoms with Crippen LogP contribution in [0.15, 0.2) is 24.3 Å². The number of nitrogens with one attached hydrogen (secondary N) is 1. The van der Waals surface area contributed by atoms with E-state index >= 15 is 0 Å². The summed E-state index contributed by atoms with van der Waals surface area (Å²) in [5.41, 5.74) is 2.03. The van der Waals surface area contributed by atoms with Gasteiger partial charge in [-0.05, 0) is 37.3 Å². The summed E-state index contributed by atoms with van der Waals surface area (Å²) in [5.74, 6) is 0.0309. The van der Waals surface area contributed by atoms with E-state index < -0.39 is 5.60 Å². The Balaban J connectivity index is 1.54. The van der Waals surface area contributed by atoms with Crippen LogP contribution in [-0.4, -0.2) is 40.6 Å². The van der Waals surface area contributed by atoms with Gasteiger partial charge in [0.1, 0.15) is 0 Å². The Morgan fingerprint density at radius 3 is 2.70 bits per heavy atom. The summed E-state index contributed by atoms with van der Waals surface area (Å²) in [4.78, 5) is 14.7. The fraction of sp³-hybridized carbons (Fsp3) is 0.632. The van der Waals surface area contributed by atoms with Gasteiger partial charge in [-0.2, -0.15) is 0 Å². The van der Waals surface area contributed by atoms with Crippen LogP contribution in [0.25, 0.3) is 0 Å². The molecular formula is C19H28N2O2. The summed E-state index contributed by atoms with van der Waals surface area (Å²) in [6.45, 7) is 4.10. The topological polar surface area (TPSA) is 52.6 Å². The van der Waals surface area contributed by atoms with Gasteiger partial charge in [0.15, 0.2) is 0 Å². The van der Waals surface area contributed by atoms with Gasteiger partial charge in [-0.25, -0.2) is 0 Å². The van der Waals surface area contributed by atoms with Crippen molar-refractivity contribution < 1.29 is 9.90 Å². The summed E-state index contributed by atoms with van der Waals surface area (Å²) in [6, 6.07) is 8.31. The summed E-state index contributed by atoms with van der Waals surface area (Å²) >= 11 is 0. The third-order valence-corrected chi connectivity index (χ3v) is 5.46. The van der Waals surface area contributed by atoms with E-state index in [1.807, 2.05) is 6.92 Å². The lowest BCUT2D eigenvalue weighted by Crippen LogP contribution is -2.51. The number of carbonyl (C=O) groups is 1. The van der Waals surface area contributed by atoms with Crippen molar-refractivity contribution >= 4 is 5.91 Å². The minimum Gasteiger partial charge on any atom is -0.388 e. The van der Waals surface area contributed by atoms with Crippen molar-refractivity contribution in [1.29, 1.82) is 0 Å². The van der Waals surface area contributed by atoms with Gasteiger partial charge in [0.25, 0.3) is 0 Å². The molecule has 126 valence electrons. The Morgan fingerprint density at radius 1 is 1.26 bits per heavy atom. The van der Waals surface area contributed by atoms with Gasteiger partial charge in [0.05, 0.1) is 11.6 Å². The Bertz CT molecular complexity index is 552. The van der Waals surface area contributed by atoms with Crippen LogP contribution in [0.2, 0.25) is 0 Å². The zero-order valence-electron chi connectivity index (χ0n) is 14.1. The molecule has 4 heteroatoms. The monoisotopic (exact) mass is 316 g/mol. The van der Waals surface area contributed by atoms with Crippen LogP contribution in [0.5, 0.6) is 0 Å². The fourth-order valence-corrected chi connectivity index (χ4v) is 3.80. The van der Waals surface area contributed by atoms with Crippen LogP contribution in [0.3, 0.4) is 0 Å². The summed E-state index contributed by atoms with van der Waals surface area (Å²) in [7, 11) is 0. The first-order valence-corrected chi connectivity index (χ1v) is 8.88. The van der Waals surface area contributed by atoms with Gasteiger partial charge in [0, 0.05) is 19.6 Å². The maximum Gasteiger partial charge on any atom is 0.237 e. The van der Waals surface area contributed by atoms with Crippen molar-refractivity contribution in [1.82, 2.24) is 10.2 Å². The van der Waals surface area contributed by atoms with E-state index in [2.05, 4.69) is 34.5 Å². The fourth-order valence-electron chi connectivity index (χ4n) is 3.80. The van der Waals surface area contributed by atoms with E-state index in [0.29, 0.717) is 6.54 Å². The molecule has 1 aromatic carbocycles. The van der Waals surface area contributed by atoms with Crippen molar-refractivity contribution in [3.8, 4) is 0 Å². The molecule has 0 bridgehead atoms. The molecule has 1 saturated carbocycles. The van der Waals surface area contributed by atoms with Gasteiger partial charge < -0.3 is 10.4 Å². The van der Waals surface area contributed by atoms with Crippen LogP contribution in [0, 0.1) is 0 Å². The molecular weight excluding hydrogens is 288 g/mol. The lowest BCUT2D eigenvalue weighted by atomic mass is 9.85. The second-order valence-corrected chi connectivity index (χ2v) is 7.17. The van der Waals surface area contributed by atoms with Crippen molar-refractivity contribution in [2.75, 3.05) is 13.1 Å². The highest BCUT2D eigenvalue weighted by Crippen LogP contribution is 2.27. The molecule has 2 aliphatic rings. The molecule has 2 N–H and O–H groups in total. The molecule has 1 amide bonds. The van der Waals surface area contributed by atoms with E-state index in [-0.39, 0.29) is 11.9 Å². The molecule has 3 rings (SSSR count). The number of aliphatic hydroxyl groups is 1. The van der Waals surface area contributed by atoms with E-state index in [9.17, 15) is 9.90 Å². The first kappa shape index (κ1) is 16.5. The molecule has 0 radical (unpaired) electrons. The smallest absolute Gasteiger partial charge is 0.237 e. The standard InChI is InChI=1S/C19H28N2O2/c1-15(18(22)20-14-19(23)10-5-2-6-11-19)21-12-9-16-7-3-4-8-17(16)13-21/h3-4,7-8,15,23H,2,5-6,9-14H2,1H3,(H,20,22). The van der Waals surface area contributed by atoms with Crippen LogP contribution in [0.4, 0.5) is 0 Å². The lowest BCUT2D eigenvalue weighted by Gasteiger charge is -2.35. The molecule has 0 saturated heterocycles. The number of hydrogen-bond donors (Lipinski definition) is 2. The molecule has 0 spiro atoms. The maximum atomic E-state index is 12.5. The van der Waals surface area contributed by atoms with Crippen molar-refractivity contribution in [2.24, 2.45) is 0 Å². The van der Waals surface area contributed by atoms with Crippen LogP contribution < -0.4 is 5.32 Å². The number of amides is 1. The van der Waals surface area contributed by atoms with Crippen LogP contribution in [-0.2, 0) is 17.8 Å². The normalized spacial score (nSPS) is 22.2. The average Bonchev–Trinajstić information content (AvgIpc) is 2.59. The van der Waals surface area contributed by atoms with Gasteiger partial charge in [-0.1, -0.05) is 43.5 Å². The summed E-state index contributed by atoms with van der Waals surface area (Å²) in [5, 5.41) is 13.5. The number of carbonyl (C=O) groups excluding carboxylic acids is 1. The van der Waals surface area contributed by atoms with Gasteiger partial charge >= 0.3 is 0 Å². The molecule has 1 aliphatic carbocycles. The first-order valence-electron chi connectivity index (χ1n) is 8.88. The first-order chi connectivity index (χ1) is 11.1. The van der Waals surface area contributed by atoms with Gasteiger partial charge in [-0.15, -0.1) is 0 Å². The number of hydrogen-bond acceptors (Lipinski definition) is 3. The number of nitrogens with zero attached hydrogens (tertiary/aromatic N) is 1. The lowest BCUT2D eigenvalue weighted by molar-refractivity contribution is -0.127. The molecule has 4 nitrogen and oxygen atoms in total. The third-order valence-electron chi connectivity index (χ3n) is 5.46. The highest BCUT2D eigenvalue weighted by atomic mass is 16.3. The molecule has 1 heterocycles. The maximum absolute atomic E-state index is 12.5. The molecule has 1 unspecified atom stereocenters. The molecule has 1 fully saturated rings. The highest BCUT2D eigenvalue weighted by molar-refractivity contribution is 5.81. The minimum atomic E-state index is -0.692. The quantitative estimate of drug-likeness (QED) is 0.896. The number of rotatable bonds is 4. The second kappa shape index (κ2) is 7.02. The van der Waals surface area contributed by atoms with Crippen LogP contribution >= 0.6 is 0 Å². The van der Waals surface area contributed by atoms with E-state index in [1.165, 1.54) is 17.5 Å². The number of fused-ring (bicyclic) bond motifs is 1. The predicted octanol–water partition coefficient (Wildman–Crippen LogP) is 2.24. The Hall–Kier alpha value is -1.39. The number of benzene rings is 1. The van der Waals surface area contributed by atoms with Crippen molar-refractivity contribution in [3.05, 3.63) is 35.4 Å². The summed E-state index contributed by atoms with van der Waals surface area (Å²) < 4.78 is 0. The van der Waals surface area contributed by atoms with Crippen LogP contribution in [0.1, 0.15) is 50.2 Å². The average molecular weight is 316 g/mol. The van der Waals surface area contributed by atoms with E-state index in [4.69, 9.17) is 0 Å². The Kier molecular flexibility index (Phi) is 5.02. The molecule has 0 aromatic heterocycles. The molecule has 23 heavy (non-hydrogen) atoms. The predicted molar refractivity (Wildman–Crippen MR) is 91.1 cm³/mol. The second-order valence-electron chi connectivity index (χ2n) is 7.17. The van der Waals surface area contributed by atoms with Crippen molar-refractivity contribution in [2.45, 2.75) is 63.6 Å². The van der Waals surface area contributed by atoms with E-state index in [0.717, 1.165) is 45.2 Å². The SMILES string of the molecule is CC(C(=O)NCC1(O)CCCCC1)N1CCc2ccccc2C1. The molecule has 1 atom stereocenters. The van der Waals surface area contributed by atoms with E-state index in [1.54, 1.807) is 0 Å². The molecule has 1 aromatic rings. The van der Waals surface area contributed by atoms with Gasteiger partial charge in [0.2, 0.25) is 5.91 Å². The summed E-state index contributed by atoms with van der Waals surface area (Å²) in [6.07, 6.45) is 5.92. The minimum absolute atomic E-state index is 0.0309. The third kappa shape index (κ3) is 3.93.